The van der Waals surface area contributed by atoms with E-state index in [0.29, 0.717) is 25.5 Å². The van der Waals surface area contributed by atoms with E-state index in [2.05, 4.69) is 21.4 Å². The molecule has 6 nitrogen and oxygen atoms in total. The van der Waals surface area contributed by atoms with Crippen LogP contribution in [-0.4, -0.2) is 23.2 Å². The first-order valence-electron chi connectivity index (χ1n) is 8.44. The smallest absolute Gasteiger partial charge is 0.221 e. The minimum Gasteiger partial charge on any atom is -0.493 e. The summed E-state index contributed by atoms with van der Waals surface area (Å²) in [6.07, 6.45) is 2.22. The molecule has 2 heterocycles. The molecule has 0 aliphatic rings. The largest absolute Gasteiger partial charge is 0.493 e. The maximum Gasteiger partial charge on any atom is 0.221 e. The Morgan fingerprint density at radius 1 is 1.08 bits per heavy atom. The van der Waals surface area contributed by atoms with E-state index in [4.69, 9.17) is 20.9 Å². The van der Waals surface area contributed by atoms with Crippen molar-refractivity contribution >= 4 is 23.1 Å². The molecular formula is C19H22N4O2S. The molecule has 3 aromatic rings. The molecule has 0 atom stereocenters. The van der Waals surface area contributed by atoms with Crippen LogP contribution in [0.1, 0.15) is 25.0 Å². The maximum absolute atomic E-state index is 5.98. The zero-order chi connectivity index (χ0) is 18.5. The van der Waals surface area contributed by atoms with Crippen LogP contribution < -0.4 is 20.9 Å². The summed E-state index contributed by atoms with van der Waals surface area (Å²) in [6.45, 7) is 5.07. The fourth-order valence-electron chi connectivity index (χ4n) is 2.77. The van der Waals surface area contributed by atoms with E-state index in [9.17, 15) is 0 Å². The van der Waals surface area contributed by atoms with Crippen molar-refractivity contribution in [1.82, 2.24) is 9.97 Å². The molecule has 1 aromatic carbocycles. The normalized spacial score (nSPS) is 10.7. The fraction of sp³-hybridized carbons (Fsp3) is 0.263. The van der Waals surface area contributed by atoms with Gasteiger partial charge in [0.1, 0.15) is 17.3 Å². The number of thiophene rings is 1. The number of nitrogens with zero attached hydrogens (tertiary/aromatic N) is 2. The molecule has 0 aliphatic carbocycles. The third-order valence-electron chi connectivity index (χ3n) is 3.85. The lowest BCUT2D eigenvalue weighted by Crippen LogP contribution is -2.05. The fourth-order valence-corrected chi connectivity index (χ4v) is 3.41. The predicted octanol–water partition coefficient (Wildman–Crippen LogP) is 3.76. The number of rotatable bonds is 7. The number of benzene rings is 1. The number of nitrogens with two attached hydrogens (primary N) is 2. The van der Waals surface area contributed by atoms with Gasteiger partial charge in [0.25, 0.3) is 0 Å². The van der Waals surface area contributed by atoms with Crippen molar-refractivity contribution in [2.24, 2.45) is 0 Å². The zero-order valence-corrected chi connectivity index (χ0v) is 15.7. The Bertz CT molecular complexity index is 854. The summed E-state index contributed by atoms with van der Waals surface area (Å²) in [7, 11) is 0. The average molecular weight is 370 g/mol. The summed E-state index contributed by atoms with van der Waals surface area (Å²) in [6, 6.07) is 6.11. The van der Waals surface area contributed by atoms with E-state index in [0.717, 1.165) is 33.8 Å². The monoisotopic (exact) mass is 370 g/mol. The van der Waals surface area contributed by atoms with Gasteiger partial charge in [0.2, 0.25) is 5.95 Å². The van der Waals surface area contributed by atoms with Crippen LogP contribution >= 0.6 is 11.3 Å². The Morgan fingerprint density at radius 2 is 1.77 bits per heavy atom. The summed E-state index contributed by atoms with van der Waals surface area (Å²) >= 11 is 1.64. The van der Waals surface area contributed by atoms with Crippen molar-refractivity contribution in [2.75, 3.05) is 24.7 Å². The Kier molecular flexibility index (Phi) is 5.58. The van der Waals surface area contributed by atoms with Crippen molar-refractivity contribution in [3.63, 3.8) is 0 Å². The van der Waals surface area contributed by atoms with E-state index in [-0.39, 0.29) is 5.95 Å². The second-order valence-electron chi connectivity index (χ2n) is 5.66. The number of hydrogen-bond donors (Lipinski definition) is 2. The number of hydrogen-bond acceptors (Lipinski definition) is 7. The highest BCUT2D eigenvalue weighted by Crippen LogP contribution is 2.41. The number of ether oxygens (including phenoxy) is 2. The molecule has 7 heteroatoms. The van der Waals surface area contributed by atoms with Gasteiger partial charge in [-0.3, -0.25) is 0 Å². The Labute approximate surface area is 156 Å². The van der Waals surface area contributed by atoms with Gasteiger partial charge in [-0.05, 0) is 53.9 Å². The molecule has 0 bridgehead atoms. The van der Waals surface area contributed by atoms with Gasteiger partial charge in [0.05, 0.1) is 18.8 Å². The van der Waals surface area contributed by atoms with Crippen LogP contribution in [0.15, 0.2) is 35.2 Å². The van der Waals surface area contributed by atoms with Crippen molar-refractivity contribution in [3.8, 4) is 22.6 Å². The van der Waals surface area contributed by atoms with E-state index < -0.39 is 0 Å². The van der Waals surface area contributed by atoms with Crippen LogP contribution in [0, 0.1) is 0 Å². The van der Waals surface area contributed by atoms with Crippen LogP contribution in [0.25, 0.3) is 11.1 Å². The van der Waals surface area contributed by atoms with Gasteiger partial charge in [0, 0.05) is 18.2 Å². The molecule has 0 aliphatic heterocycles. The van der Waals surface area contributed by atoms with E-state index in [1.165, 1.54) is 0 Å². The van der Waals surface area contributed by atoms with Gasteiger partial charge in [0.15, 0.2) is 0 Å². The van der Waals surface area contributed by atoms with Crippen molar-refractivity contribution in [1.29, 1.82) is 0 Å². The summed E-state index contributed by atoms with van der Waals surface area (Å²) in [4.78, 5) is 8.07. The van der Waals surface area contributed by atoms with Crippen LogP contribution in [0.3, 0.4) is 0 Å². The summed E-state index contributed by atoms with van der Waals surface area (Å²) in [5.74, 6) is 2.14. The molecule has 136 valence electrons. The second kappa shape index (κ2) is 8.05. The molecule has 0 spiro atoms. The van der Waals surface area contributed by atoms with E-state index in [1.54, 1.807) is 17.5 Å². The number of anilines is 2. The van der Waals surface area contributed by atoms with Gasteiger partial charge in [-0.2, -0.15) is 16.3 Å². The Hall–Kier alpha value is -2.80. The minimum atomic E-state index is 0.170. The lowest BCUT2D eigenvalue weighted by molar-refractivity contribution is 0.325. The SMILES string of the molecule is CCOc1cc(Cc2cnc(N)nc2N)cc(OCC)c1-c1ccsc1. The average Bonchev–Trinajstić information content (AvgIpc) is 3.12. The molecule has 0 fully saturated rings. The number of aromatic nitrogens is 2. The zero-order valence-electron chi connectivity index (χ0n) is 14.9. The van der Waals surface area contributed by atoms with Gasteiger partial charge in [-0.15, -0.1) is 0 Å². The van der Waals surface area contributed by atoms with Crippen LogP contribution in [0.5, 0.6) is 11.5 Å². The first-order chi connectivity index (χ1) is 12.6. The number of nitrogen functional groups attached to an aromatic ring is 2. The van der Waals surface area contributed by atoms with Crippen molar-refractivity contribution in [3.05, 3.63) is 46.3 Å². The van der Waals surface area contributed by atoms with Gasteiger partial charge in [-0.25, -0.2) is 4.98 Å². The quantitative estimate of drug-likeness (QED) is 0.657. The predicted molar refractivity (Wildman–Crippen MR) is 106 cm³/mol. The highest BCUT2D eigenvalue weighted by atomic mass is 32.1. The first kappa shape index (κ1) is 18.0. The van der Waals surface area contributed by atoms with Crippen LogP contribution in [0.4, 0.5) is 11.8 Å². The lowest BCUT2D eigenvalue weighted by Gasteiger charge is -2.17. The van der Waals surface area contributed by atoms with Crippen molar-refractivity contribution < 1.29 is 9.47 Å². The Morgan fingerprint density at radius 3 is 2.31 bits per heavy atom. The van der Waals surface area contributed by atoms with Gasteiger partial charge >= 0.3 is 0 Å². The Balaban J connectivity index is 2.06. The summed E-state index contributed by atoms with van der Waals surface area (Å²) in [5.41, 5.74) is 15.4. The second-order valence-corrected chi connectivity index (χ2v) is 6.44. The highest BCUT2D eigenvalue weighted by Gasteiger charge is 2.17. The summed E-state index contributed by atoms with van der Waals surface area (Å²) in [5, 5.41) is 4.13. The van der Waals surface area contributed by atoms with Gasteiger partial charge < -0.3 is 20.9 Å². The minimum absolute atomic E-state index is 0.170. The van der Waals surface area contributed by atoms with E-state index in [1.807, 2.05) is 31.4 Å². The molecule has 0 radical (unpaired) electrons. The molecule has 0 unspecified atom stereocenters. The lowest BCUT2D eigenvalue weighted by atomic mass is 10.00. The van der Waals surface area contributed by atoms with E-state index >= 15 is 0 Å². The summed E-state index contributed by atoms with van der Waals surface area (Å²) < 4.78 is 11.8. The highest BCUT2D eigenvalue weighted by molar-refractivity contribution is 7.08. The topological polar surface area (TPSA) is 96.3 Å². The molecule has 4 N–H and O–H groups in total. The van der Waals surface area contributed by atoms with Crippen LogP contribution in [-0.2, 0) is 6.42 Å². The molecule has 0 saturated heterocycles. The van der Waals surface area contributed by atoms with Crippen molar-refractivity contribution in [2.45, 2.75) is 20.3 Å². The van der Waals surface area contributed by atoms with Crippen LogP contribution in [0.2, 0.25) is 0 Å². The molecule has 3 rings (SSSR count). The standard InChI is InChI=1S/C19H22N4O2S/c1-3-24-15-8-12(7-14-10-22-19(21)23-18(14)20)9-16(25-4-2)17(15)13-5-6-26-11-13/h5-6,8-11H,3-4,7H2,1-2H3,(H4,20,21,22,23). The third-order valence-corrected chi connectivity index (χ3v) is 4.53. The van der Waals surface area contributed by atoms with Gasteiger partial charge in [-0.1, -0.05) is 0 Å². The molecular weight excluding hydrogens is 348 g/mol. The molecule has 2 aromatic heterocycles. The molecule has 26 heavy (non-hydrogen) atoms. The first-order valence-corrected chi connectivity index (χ1v) is 9.38. The molecule has 0 saturated carbocycles. The maximum atomic E-state index is 5.98. The third kappa shape index (κ3) is 3.88. The molecule has 0 amide bonds.